The molecule has 0 atom stereocenters. The van der Waals surface area contributed by atoms with Crippen LogP contribution in [0.5, 0.6) is 0 Å². The number of hydrogen-bond acceptors (Lipinski definition) is 5. The van der Waals surface area contributed by atoms with Crippen molar-refractivity contribution in [3.63, 3.8) is 0 Å². The van der Waals surface area contributed by atoms with Crippen LogP contribution in [0.1, 0.15) is 13.8 Å². The van der Waals surface area contributed by atoms with Crippen molar-refractivity contribution in [1.82, 2.24) is 9.88 Å². The van der Waals surface area contributed by atoms with Gasteiger partial charge in [-0.1, -0.05) is 12.1 Å². The van der Waals surface area contributed by atoms with Crippen molar-refractivity contribution in [2.45, 2.75) is 26.7 Å². The standard InChI is InChI=1S/C15H20N2O5/c1-3-20-14(21-4-2)9-16-13(18)10-17-11-7-5-6-8-12(11)22-15(17)19/h5-8,14H,3-4,9-10H2,1-2H3,(H,16,18). The van der Waals surface area contributed by atoms with E-state index in [-0.39, 0.29) is 19.0 Å². The Morgan fingerprint density at radius 3 is 2.64 bits per heavy atom. The summed E-state index contributed by atoms with van der Waals surface area (Å²) >= 11 is 0. The minimum absolute atomic E-state index is 0.110. The molecule has 0 aliphatic heterocycles. The largest absolute Gasteiger partial charge is 0.420 e. The SMILES string of the molecule is CCOC(CNC(=O)Cn1c(=O)oc2ccccc21)OCC. The van der Waals surface area contributed by atoms with Gasteiger partial charge in [0, 0.05) is 13.2 Å². The van der Waals surface area contributed by atoms with E-state index in [0.717, 1.165) is 0 Å². The van der Waals surface area contributed by atoms with E-state index in [1.54, 1.807) is 24.3 Å². The minimum atomic E-state index is -0.553. The number of oxazole rings is 1. The molecule has 1 amide bonds. The zero-order valence-corrected chi connectivity index (χ0v) is 12.7. The number of hydrogen-bond donors (Lipinski definition) is 1. The first-order valence-electron chi connectivity index (χ1n) is 7.24. The number of para-hydroxylation sites is 2. The number of nitrogens with one attached hydrogen (secondary N) is 1. The molecule has 1 N–H and O–H groups in total. The molecular weight excluding hydrogens is 288 g/mol. The van der Waals surface area contributed by atoms with Gasteiger partial charge < -0.3 is 19.2 Å². The summed E-state index contributed by atoms with van der Waals surface area (Å²) in [5.41, 5.74) is 1.05. The number of ether oxygens (including phenoxy) is 2. The number of amides is 1. The summed E-state index contributed by atoms with van der Waals surface area (Å²) in [6, 6.07) is 6.97. The first-order valence-corrected chi connectivity index (χ1v) is 7.24. The van der Waals surface area contributed by atoms with Crippen LogP contribution in [0.2, 0.25) is 0 Å². The highest BCUT2D eigenvalue weighted by Gasteiger charge is 2.14. The van der Waals surface area contributed by atoms with Crippen LogP contribution in [0.3, 0.4) is 0 Å². The zero-order valence-electron chi connectivity index (χ0n) is 12.7. The quantitative estimate of drug-likeness (QED) is 0.739. The van der Waals surface area contributed by atoms with Gasteiger partial charge in [0.05, 0.1) is 12.1 Å². The lowest BCUT2D eigenvalue weighted by Crippen LogP contribution is -2.38. The predicted molar refractivity (Wildman–Crippen MR) is 80.5 cm³/mol. The van der Waals surface area contributed by atoms with E-state index in [2.05, 4.69) is 5.32 Å². The number of fused-ring (bicyclic) bond motifs is 1. The molecule has 0 saturated carbocycles. The second-order valence-electron chi connectivity index (χ2n) is 4.57. The van der Waals surface area contributed by atoms with Gasteiger partial charge in [-0.15, -0.1) is 0 Å². The average molecular weight is 308 g/mol. The third-order valence-electron chi connectivity index (χ3n) is 3.05. The fourth-order valence-corrected chi connectivity index (χ4v) is 2.10. The van der Waals surface area contributed by atoms with Crippen molar-refractivity contribution in [1.29, 1.82) is 0 Å². The molecule has 0 aliphatic carbocycles. The highest BCUT2D eigenvalue weighted by Crippen LogP contribution is 2.11. The third kappa shape index (κ3) is 3.96. The van der Waals surface area contributed by atoms with Gasteiger partial charge >= 0.3 is 5.76 Å². The summed E-state index contributed by atoms with van der Waals surface area (Å²) in [5, 5.41) is 2.69. The molecule has 7 heteroatoms. The Balaban J connectivity index is 1.99. The lowest BCUT2D eigenvalue weighted by molar-refractivity contribution is -0.140. The summed E-state index contributed by atoms with van der Waals surface area (Å²) < 4.78 is 17.0. The Morgan fingerprint density at radius 2 is 1.95 bits per heavy atom. The number of carbonyl (C=O) groups is 1. The maximum absolute atomic E-state index is 12.0. The molecule has 22 heavy (non-hydrogen) atoms. The molecule has 1 aromatic heterocycles. The Labute approximate surface area is 127 Å². The number of nitrogens with zero attached hydrogens (tertiary/aromatic N) is 1. The summed E-state index contributed by atoms with van der Waals surface area (Å²) in [6.07, 6.45) is -0.489. The highest BCUT2D eigenvalue weighted by molar-refractivity contribution is 5.79. The van der Waals surface area contributed by atoms with Gasteiger partial charge in [-0.2, -0.15) is 0 Å². The van der Waals surface area contributed by atoms with Crippen LogP contribution in [0.25, 0.3) is 11.1 Å². The first kappa shape index (κ1) is 16.3. The van der Waals surface area contributed by atoms with Crippen LogP contribution in [0.15, 0.2) is 33.5 Å². The fraction of sp³-hybridized carbons (Fsp3) is 0.467. The van der Waals surface area contributed by atoms with Gasteiger partial charge in [0.15, 0.2) is 11.9 Å². The predicted octanol–water partition coefficient (Wildman–Crippen LogP) is 1.11. The Hall–Kier alpha value is -2.12. The van der Waals surface area contributed by atoms with E-state index >= 15 is 0 Å². The van der Waals surface area contributed by atoms with Crippen molar-refractivity contribution < 1.29 is 18.7 Å². The number of rotatable bonds is 8. The van der Waals surface area contributed by atoms with Crippen LogP contribution >= 0.6 is 0 Å². The molecule has 0 bridgehead atoms. The lowest BCUT2D eigenvalue weighted by Gasteiger charge is -2.17. The molecule has 0 fully saturated rings. The maximum atomic E-state index is 12.0. The molecule has 0 spiro atoms. The second kappa shape index (κ2) is 7.77. The van der Waals surface area contributed by atoms with Gasteiger partial charge in [-0.25, -0.2) is 4.79 Å². The lowest BCUT2D eigenvalue weighted by atomic mass is 10.3. The average Bonchev–Trinajstić information content (AvgIpc) is 2.81. The normalized spacial score (nSPS) is 11.2. The van der Waals surface area contributed by atoms with Gasteiger partial charge in [0.2, 0.25) is 5.91 Å². The Bertz CT molecular complexity index is 670. The van der Waals surface area contributed by atoms with Crippen molar-refractivity contribution in [2.75, 3.05) is 19.8 Å². The van der Waals surface area contributed by atoms with Crippen molar-refractivity contribution in [2.24, 2.45) is 0 Å². The van der Waals surface area contributed by atoms with Gasteiger partial charge in [-0.3, -0.25) is 9.36 Å². The molecule has 2 rings (SSSR count). The fourth-order valence-electron chi connectivity index (χ4n) is 2.10. The van der Waals surface area contributed by atoms with Gasteiger partial charge in [-0.05, 0) is 26.0 Å². The van der Waals surface area contributed by atoms with Crippen LogP contribution < -0.4 is 11.1 Å². The van der Waals surface area contributed by atoms with Crippen LogP contribution in [-0.4, -0.2) is 36.5 Å². The summed E-state index contributed by atoms with van der Waals surface area (Å²) in [6.45, 7) is 4.81. The molecule has 7 nitrogen and oxygen atoms in total. The van der Waals surface area contributed by atoms with E-state index in [0.29, 0.717) is 24.3 Å². The summed E-state index contributed by atoms with van der Waals surface area (Å²) in [7, 11) is 0. The molecule has 1 aromatic carbocycles. The Morgan fingerprint density at radius 1 is 1.27 bits per heavy atom. The molecule has 1 heterocycles. The molecule has 0 unspecified atom stereocenters. The van der Waals surface area contributed by atoms with Crippen molar-refractivity contribution in [3.8, 4) is 0 Å². The third-order valence-corrected chi connectivity index (χ3v) is 3.05. The van der Waals surface area contributed by atoms with Crippen LogP contribution in [-0.2, 0) is 20.8 Å². The summed E-state index contributed by atoms with van der Waals surface area (Å²) in [5.74, 6) is -0.861. The van der Waals surface area contributed by atoms with Crippen LogP contribution in [0, 0.1) is 0 Å². The van der Waals surface area contributed by atoms with Gasteiger partial charge in [0.1, 0.15) is 6.54 Å². The van der Waals surface area contributed by atoms with E-state index in [1.165, 1.54) is 4.57 Å². The first-order chi connectivity index (χ1) is 10.7. The molecular formula is C15H20N2O5. The summed E-state index contributed by atoms with van der Waals surface area (Å²) in [4.78, 5) is 23.8. The van der Waals surface area contributed by atoms with E-state index in [1.807, 2.05) is 13.8 Å². The van der Waals surface area contributed by atoms with Crippen molar-refractivity contribution >= 4 is 17.0 Å². The highest BCUT2D eigenvalue weighted by atomic mass is 16.7. The maximum Gasteiger partial charge on any atom is 0.420 e. The molecule has 2 aromatic rings. The zero-order chi connectivity index (χ0) is 15.9. The van der Waals surface area contributed by atoms with E-state index in [9.17, 15) is 9.59 Å². The molecule has 0 saturated heterocycles. The molecule has 120 valence electrons. The topological polar surface area (TPSA) is 82.7 Å². The van der Waals surface area contributed by atoms with E-state index in [4.69, 9.17) is 13.9 Å². The molecule has 0 aliphatic rings. The van der Waals surface area contributed by atoms with E-state index < -0.39 is 12.0 Å². The molecule has 0 radical (unpaired) electrons. The number of benzene rings is 1. The number of aromatic nitrogens is 1. The monoisotopic (exact) mass is 308 g/mol. The van der Waals surface area contributed by atoms with Crippen LogP contribution in [0.4, 0.5) is 0 Å². The van der Waals surface area contributed by atoms with Gasteiger partial charge in [0.25, 0.3) is 0 Å². The number of carbonyl (C=O) groups excluding carboxylic acids is 1. The minimum Gasteiger partial charge on any atom is -0.408 e. The van der Waals surface area contributed by atoms with Crippen molar-refractivity contribution in [3.05, 3.63) is 34.8 Å². The second-order valence-corrected chi connectivity index (χ2v) is 4.57. The smallest absolute Gasteiger partial charge is 0.408 e. The Kier molecular flexibility index (Phi) is 5.74.